The Bertz CT molecular complexity index is 877. The maximum atomic E-state index is 13.4. The van der Waals surface area contributed by atoms with Crippen molar-refractivity contribution in [2.75, 3.05) is 7.11 Å². The third-order valence-corrected chi connectivity index (χ3v) is 6.37. The lowest BCUT2D eigenvalue weighted by Gasteiger charge is -2.33. The summed E-state index contributed by atoms with van der Waals surface area (Å²) in [5.41, 5.74) is 1.83. The monoisotopic (exact) mass is 456 g/mol. The number of hydrogen-bond donors (Lipinski definition) is 1. The van der Waals surface area contributed by atoms with E-state index in [1.54, 1.807) is 12.0 Å². The van der Waals surface area contributed by atoms with E-state index in [0.29, 0.717) is 18.0 Å². The highest BCUT2D eigenvalue weighted by molar-refractivity contribution is 6.30. The van der Waals surface area contributed by atoms with Crippen LogP contribution in [0.1, 0.15) is 56.6 Å². The highest BCUT2D eigenvalue weighted by Crippen LogP contribution is 2.20. The Morgan fingerprint density at radius 2 is 1.66 bits per heavy atom. The van der Waals surface area contributed by atoms with E-state index in [0.717, 1.165) is 42.6 Å². The molecule has 1 N–H and O–H groups in total. The first-order valence-electron chi connectivity index (χ1n) is 11.5. The Hall–Kier alpha value is -2.53. The Kier molecular flexibility index (Phi) is 8.98. The normalized spacial score (nSPS) is 15.1. The molecule has 0 saturated heterocycles. The number of methoxy groups -OCH3 is 1. The van der Waals surface area contributed by atoms with Crippen molar-refractivity contribution >= 4 is 23.4 Å². The molecule has 2 aromatic carbocycles. The molecule has 0 spiro atoms. The standard InChI is InChI=1S/C26H33ClN2O3/c1-3-24(26(31)28-22-7-5-4-6-8-22)29(18-20-9-13-21(27)14-10-20)25(30)17-19-11-15-23(32-2)16-12-19/h9-16,22,24H,3-8,17-18H2,1-2H3,(H,28,31)/t24-/m1/s1. The van der Waals surface area contributed by atoms with E-state index >= 15 is 0 Å². The van der Waals surface area contributed by atoms with Crippen LogP contribution in [0.3, 0.4) is 0 Å². The number of nitrogens with one attached hydrogen (secondary N) is 1. The van der Waals surface area contributed by atoms with Crippen molar-refractivity contribution in [3.05, 3.63) is 64.7 Å². The highest BCUT2D eigenvalue weighted by atomic mass is 35.5. The molecule has 32 heavy (non-hydrogen) atoms. The van der Waals surface area contributed by atoms with Gasteiger partial charge >= 0.3 is 0 Å². The van der Waals surface area contributed by atoms with Gasteiger partial charge < -0.3 is 15.0 Å². The molecule has 1 saturated carbocycles. The predicted molar refractivity (Wildman–Crippen MR) is 128 cm³/mol. The first-order chi connectivity index (χ1) is 15.5. The Labute approximate surface area is 196 Å². The van der Waals surface area contributed by atoms with Gasteiger partial charge in [0.1, 0.15) is 11.8 Å². The number of rotatable bonds is 9. The van der Waals surface area contributed by atoms with Gasteiger partial charge in [-0.25, -0.2) is 0 Å². The lowest BCUT2D eigenvalue weighted by Crippen LogP contribution is -2.51. The van der Waals surface area contributed by atoms with Gasteiger partial charge in [0.15, 0.2) is 0 Å². The van der Waals surface area contributed by atoms with Crippen molar-refractivity contribution in [2.24, 2.45) is 0 Å². The molecule has 2 aromatic rings. The van der Waals surface area contributed by atoms with Crippen LogP contribution in [0.2, 0.25) is 5.02 Å². The summed E-state index contributed by atoms with van der Waals surface area (Å²) in [6, 6.07) is 14.6. The SMILES string of the molecule is CC[C@H](C(=O)NC1CCCCC1)N(Cc1ccc(Cl)cc1)C(=O)Cc1ccc(OC)cc1. The zero-order valence-electron chi connectivity index (χ0n) is 19.0. The fourth-order valence-corrected chi connectivity index (χ4v) is 4.40. The third-order valence-electron chi connectivity index (χ3n) is 6.12. The molecule has 172 valence electrons. The molecule has 0 aliphatic heterocycles. The van der Waals surface area contributed by atoms with Crippen molar-refractivity contribution in [3.63, 3.8) is 0 Å². The number of ether oxygens (including phenoxy) is 1. The Morgan fingerprint density at radius 1 is 1.03 bits per heavy atom. The summed E-state index contributed by atoms with van der Waals surface area (Å²) < 4.78 is 5.21. The summed E-state index contributed by atoms with van der Waals surface area (Å²) in [6.45, 7) is 2.32. The third kappa shape index (κ3) is 6.73. The van der Waals surface area contributed by atoms with Crippen LogP contribution >= 0.6 is 11.6 Å². The van der Waals surface area contributed by atoms with E-state index in [1.165, 1.54) is 6.42 Å². The molecule has 1 aliphatic rings. The Balaban J connectivity index is 1.78. The fourth-order valence-electron chi connectivity index (χ4n) is 4.27. The van der Waals surface area contributed by atoms with Crippen molar-refractivity contribution in [3.8, 4) is 5.75 Å². The van der Waals surface area contributed by atoms with Crippen LogP contribution in [0, 0.1) is 0 Å². The van der Waals surface area contributed by atoms with Crippen molar-refractivity contribution in [1.29, 1.82) is 0 Å². The zero-order valence-corrected chi connectivity index (χ0v) is 19.7. The minimum atomic E-state index is -0.515. The quantitative estimate of drug-likeness (QED) is 0.567. The lowest BCUT2D eigenvalue weighted by molar-refractivity contribution is -0.141. The van der Waals surface area contributed by atoms with E-state index in [4.69, 9.17) is 16.3 Å². The van der Waals surface area contributed by atoms with E-state index in [2.05, 4.69) is 5.32 Å². The van der Waals surface area contributed by atoms with Crippen LogP contribution in [0.15, 0.2) is 48.5 Å². The second-order valence-corrected chi connectivity index (χ2v) is 8.88. The van der Waals surface area contributed by atoms with Crippen LogP contribution in [-0.4, -0.2) is 35.9 Å². The fraction of sp³-hybridized carbons (Fsp3) is 0.462. The molecule has 2 amide bonds. The summed E-state index contributed by atoms with van der Waals surface area (Å²) in [4.78, 5) is 28.4. The number of amides is 2. The molecule has 0 aromatic heterocycles. The smallest absolute Gasteiger partial charge is 0.243 e. The number of benzene rings is 2. The van der Waals surface area contributed by atoms with Crippen LogP contribution < -0.4 is 10.1 Å². The summed E-state index contributed by atoms with van der Waals surface area (Å²) in [7, 11) is 1.62. The van der Waals surface area contributed by atoms with E-state index in [1.807, 2.05) is 55.5 Å². The van der Waals surface area contributed by atoms with E-state index in [9.17, 15) is 9.59 Å². The van der Waals surface area contributed by atoms with Gasteiger partial charge in [-0.3, -0.25) is 9.59 Å². The Morgan fingerprint density at radius 3 is 2.25 bits per heavy atom. The van der Waals surface area contributed by atoms with Gasteiger partial charge in [0, 0.05) is 17.6 Å². The van der Waals surface area contributed by atoms with Gasteiger partial charge in [-0.1, -0.05) is 62.1 Å². The maximum absolute atomic E-state index is 13.4. The van der Waals surface area contributed by atoms with Crippen molar-refractivity contribution < 1.29 is 14.3 Å². The predicted octanol–water partition coefficient (Wildman–Crippen LogP) is 5.15. The summed E-state index contributed by atoms with van der Waals surface area (Å²) in [5, 5.41) is 3.85. The number of carbonyl (C=O) groups is 2. The molecule has 1 atom stereocenters. The van der Waals surface area contributed by atoms with Gasteiger partial charge in [0.25, 0.3) is 0 Å². The van der Waals surface area contributed by atoms with Crippen LogP contribution in [-0.2, 0) is 22.6 Å². The average Bonchev–Trinajstić information content (AvgIpc) is 2.81. The molecule has 3 rings (SSSR count). The van der Waals surface area contributed by atoms with E-state index < -0.39 is 6.04 Å². The lowest BCUT2D eigenvalue weighted by atomic mass is 9.95. The first kappa shape index (κ1) is 24.1. The topological polar surface area (TPSA) is 58.6 Å². The number of carbonyl (C=O) groups excluding carboxylic acids is 2. The average molecular weight is 457 g/mol. The molecular weight excluding hydrogens is 424 g/mol. The molecular formula is C26H33ClN2O3. The first-order valence-corrected chi connectivity index (χ1v) is 11.8. The van der Waals surface area contributed by atoms with Gasteiger partial charge in [-0.2, -0.15) is 0 Å². The minimum Gasteiger partial charge on any atom is -0.497 e. The number of nitrogens with zero attached hydrogens (tertiary/aromatic N) is 1. The highest BCUT2D eigenvalue weighted by Gasteiger charge is 2.30. The molecule has 6 heteroatoms. The van der Waals surface area contributed by atoms with E-state index in [-0.39, 0.29) is 24.3 Å². The zero-order chi connectivity index (χ0) is 22.9. The largest absolute Gasteiger partial charge is 0.497 e. The second-order valence-electron chi connectivity index (χ2n) is 8.44. The number of hydrogen-bond acceptors (Lipinski definition) is 3. The van der Waals surface area contributed by atoms with Crippen LogP contribution in [0.5, 0.6) is 5.75 Å². The van der Waals surface area contributed by atoms with Gasteiger partial charge in [0.2, 0.25) is 11.8 Å². The summed E-state index contributed by atoms with van der Waals surface area (Å²) >= 11 is 6.04. The summed E-state index contributed by atoms with van der Waals surface area (Å²) in [6.07, 6.45) is 6.33. The van der Waals surface area contributed by atoms with Crippen LogP contribution in [0.4, 0.5) is 0 Å². The molecule has 5 nitrogen and oxygen atoms in total. The van der Waals surface area contributed by atoms with Gasteiger partial charge in [-0.15, -0.1) is 0 Å². The molecule has 0 unspecified atom stereocenters. The van der Waals surface area contributed by atoms with Crippen LogP contribution in [0.25, 0.3) is 0 Å². The van der Waals surface area contributed by atoms with Gasteiger partial charge in [0.05, 0.1) is 13.5 Å². The molecule has 0 bridgehead atoms. The maximum Gasteiger partial charge on any atom is 0.243 e. The summed E-state index contributed by atoms with van der Waals surface area (Å²) in [5.74, 6) is 0.615. The minimum absolute atomic E-state index is 0.0588. The number of halogens is 1. The van der Waals surface area contributed by atoms with Crippen molar-refractivity contribution in [2.45, 2.75) is 70.5 Å². The molecule has 1 fully saturated rings. The molecule has 1 aliphatic carbocycles. The molecule has 0 radical (unpaired) electrons. The second kappa shape index (κ2) is 11.9. The molecule has 0 heterocycles. The van der Waals surface area contributed by atoms with Crippen molar-refractivity contribution in [1.82, 2.24) is 10.2 Å². The van der Waals surface area contributed by atoms with Gasteiger partial charge in [-0.05, 0) is 54.7 Å².